The second kappa shape index (κ2) is 5.48. The molecule has 0 amide bonds. The predicted octanol–water partition coefficient (Wildman–Crippen LogP) is 2.05. The van der Waals surface area contributed by atoms with E-state index in [2.05, 4.69) is 0 Å². The van der Waals surface area contributed by atoms with Crippen LogP contribution in [0.1, 0.15) is 18.9 Å². The van der Waals surface area contributed by atoms with Crippen LogP contribution in [-0.4, -0.2) is 18.9 Å². The van der Waals surface area contributed by atoms with Gasteiger partial charge in [0.15, 0.2) is 0 Å². The lowest BCUT2D eigenvalue weighted by molar-refractivity contribution is 0.0117. The zero-order valence-corrected chi connectivity index (χ0v) is 10.7. The fourth-order valence-electron chi connectivity index (χ4n) is 2.32. The lowest BCUT2D eigenvalue weighted by atomic mass is 9.85. The van der Waals surface area contributed by atoms with E-state index in [4.69, 9.17) is 16.2 Å². The third-order valence-corrected chi connectivity index (χ3v) is 3.18. The molecule has 96 valence electrons. The van der Waals surface area contributed by atoms with Crippen LogP contribution in [-0.2, 0) is 4.74 Å². The number of allylic oxidation sites excluding steroid dienone is 2. The Labute approximate surface area is 108 Å². The molecule has 1 aliphatic rings. The van der Waals surface area contributed by atoms with E-state index in [1.165, 1.54) is 0 Å². The third-order valence-electron chi connectivity index (χ3n) is 3.18. The summed E-state index contributed by atoms with van der Waals surface area (Å²) in [7, 11) is 0. The van der Waals surface area contributed by atoms with Crippen molar-refractivity contribution in [1.82, 2.24) is 0 Å². The zero-order chi connectivity index (χ0) is 13.0. The predicted molar refractivity (Wildman–Crippen MR) is 74.7 cm³/mol. The highest BCUT2D eigenvalue weighted by molar-refractivity contribution is 5.75. The Balaban J connectivity index is 2.41. The van der Waals surface area contributed by atoms with Gasteiger partial charge in [-0.15, -0.1) is 0 Å². The standard InChI is InChI=1S/C15H20N2O/c1-2-18-15(17)10-12(11-16)8-9-14(15)13-6-4-3-5-7-13/h3-9H,2,10-11,16-17H2,1H3. The Hall–Kier alpha value is -1.42. The summed E-state index contributed by atoms with van der Waals surface area (Å²) in [5.41, 5.74) is 14.6. The molecule has 1 unspecified atom stereocenters. The Kier molecular flexibility index (Phi) is 3.97. The summed E-state index contributed by atoms with van der Waals surface area (Å²) in [5.74, 6) is 0. The molecule has 0 saturated heterocycles. The molecule has 1 aromatic carbocycles. The molecule has 0 fully saturated rings. The van der Waals surface area contributed by atoms with E-state index in [1.807, 2.05) is 49.4 Å². The van der Waals surface area contributed by atoms with Gasteiger partial charge in [-0.25, -0.2) is 0 Å². The molecule has 3 heteroatoms. The van der Waals surface area contributed by atoms with Crippen LogP contribution in [0.2, 0.25) is 0 Å². The number of hydrogen-bond donors (Lipinski definition) is 2. The van der Waals surface area contributed by atoms with Gasteiger partial charge in [-0.2, -0.15) is 0 Å². The Bertz CT molecular complexity index is 465. The summed E-state index contributed by atoms with van der Waals surface area (Å²) in [4.78, 5) is 0. The van der Waals surface area contributed by atoms with Gasteiger partial charge in [0.25, 0.3) is 0 Å². The summed E-state index contributed by atoms with van der Waals surface area (Å²) in [6.07, 6.45) is 4.72. The Morgan fingerprint density at radius 3 is 2.56 bits per heavy atom. The minimum absolute atomic E-state index is 0.518. The van der Waals surface area contributed by atoms with Crippen molar-refractivity contribution < 1.29 is 4.74 Å². The monoisotopic (exact) mass is 244 g/mol. The Morgan fingerprint density at radius 1 is 1.22 bits per heavy atom. The smallest absolute Gasteiger partial charge is 0.147 e. The van der Waals surface area contributed by atoms with E-state index in [9.17, 15) is 0 Å². The molecule has 3 nitrogen and oxygen atoms in total. The quantitative estimate of drug-likeness (QED) is 0.797. The first-order valence-electron chi connectivity index (χ1n) is 6.28. The number of hydrogen-bond acceptors (Lipinski definition) is 3. The highest BCUT2D eigenvalue weighted by Gasteiger charge is 2.33. The number of benzene rings is 1. The van der Waals surface area contributed by atoms with Crippen molar-refractivity contribution in [3.8, 4) is 0 Å². The van der Waals surface area contributed by atoms with Gasteiger partial charge >= 0.3 is 0 Å². The average Bonchev–Trinajstić information content (AvgIpc) is 2.39. The highest BCUT2D eigenvalue weighted by Crippen LogP contribution is 2.34. The van der Waals surface area contributed by atoms with E-state index in [-0.39, 0.29) is 0 Å². The minimum Gasteiger partial charge on any atom is -0.356 e. The first-order valence-corrected chi connectivity index (χ1v) is 6.28. The number of ether oxygens (including phenoxy) is 1. The molecule has 0 radical (unpaired) electrons. The molecule has 0 aliphatic heterocycles. The molecule has 0 aromatic heterocycles. The first kappa shape index (κ1) is 13.0. The SMILES string of the molecule is CCOC1(N)CC(CN)=CC=C1c1ccccc1. The van der Waals surface area contributed by atoms with Crippen LogP contribution in [0.25, 0.3) is 5.57 Å². The molecule has 1 atom stereocenters. The molecule has 0 bridgehead atoms. The lowest BCUT2D eigenvalue weighted by Gasteiger charge is -2.35. The first-order chi connectivity index (χ1) is 8.69. The molecule has 2 rings (SSSR count). The maximum Gasteiger partial charge on any atom is 0.147 e. The minimum atomic E-state index is -0.764. The normalized spacial score (nSPS) is 23.5. The van der Waals surface area contributed by atoms with Gasteiger partial charge in [0.1, 0.15) is 5.72 Å². The van der Waals surface area contributed by atoms with Crippen molar-refractivity contribution in [1.29, 1.82) is 0 Å². The summed E-state index contributed by atoms with van der Waals surface area (Å²) in [6, 6.07) is 10.1. The van der Waals surface area contributed by atoms with Crippen molar-refractivity contribution in [2.45, 2.75) is 19.1 Å². The van der Waals surface area contributed by atoms with E-state index < -0.39 is 5.72 Å². The summed E-state index contributed by atoms with van der Waals surface area (Å²) >= 11 is 0. The van der Waals surface area contributed by atoms with Crippen molar-refractivity contribution in [3.63, 3.8) is 0 Å². The van der Waals surface area contributed by atoms with Crippen LogP contribution in [0, 0.1) is 0 Å². The number of rotatable bonds is 4. The molecule has 1 aliphatic carbocycles. The van der Waals surface area contributed by atoms with Gasteiger partial charge in [-0.3, -0.25) is 5.73 Å². The lowest BCUT2D eigenvalue weighted by Crippen LogP contribution is -2.46. The van der Waals surface area contributed by atoms with Crippen LogP contribution >= 0.6 is 0 Å². The maximum absolute atomic E-state index is 6.42. The van der Waals surface area contributed by atoms with Gasteiger partial charge in [-0.05, 0) is 12.5 Å². The fourth-order valence-corrected chi connectivity index (χ4v) is 2.32. The van der Waals surface area contributed by atoms with Crippen molar-refractivity contribution in [3.05, 3.63) is 53.6 Å². The molecule has 1 aromatic rings. The largest absolute Gasteiger partial charge is 0.356 e. The van der Waals surface area contributed by atoms with Gasteiger partial charge in [-0.1, -0.05) is 48.1 Å². The van der Waals surface area contributed by atoms with Crippen LogP contribution in [0.3, 0.4) is 0 Å². The van der Waals surface area contributed by atoms with Crippen molar-refractivity contribution >= 4 is 5.57 Å². The summed E-state index contributed by atoms with van der Waals surface area (Å²) < 4.78 is 5.78. The molecule has 4 N–H and O–H groups in total. The molecular weight excluding hydrogens is 224 g/mol. The summed E-state index contributed by atoms with van der Waals surface area (Å²) in [6.45, 7) is 3.06. The molecule has 0 saturated carbocycles. The van der Waals surface area contributed by atoms with Crippen LogP contribution in [0.15, 0.2) is 48.1 Å². The zero-order valence-electron chi connectivity index (χ0n) is 10.7. The highest BCUT2D eigenvalue weighted by atomic mass is 16.5. The van der Waals surface area contributed by atoms with E-state index in [0.717, 1.165) is 16.7 Å². The third kappa shape index (κ3) is 2.53. The van der Waals surface area contributed by atoms with Crippen molar-refractivity contribution in [2.24, 2.45) is 11.5 Å². The van der Waals surface area contributed by atoms with Crippen molar-refractivity contribution in [2.75, 3.05) is 13.2 Å². The maximum atomic E-state index is 6.42. The second-order valence-corrected chi connectivity index (χ2v) is 4.47. The molecular formula is C15H20N2O. The second-order valence-electron chi connectivity index (χ2n) is 4.47. The van der Waals surface area contributed by atoms with Crippen LogP contribution in [0.4, 0.5) is 0 Å². The fraction of sp³-hybridized carbons (Fsp3) is 0.333. The van der Waals surface area contributed by atoms with Crippen LogP contribution < -0.4 is 11.5 Å². The van der Waals surface area contributed by atoms with E-state index >= 15 is 0 Å². The average molecular weight is 244 g/mol. The topological polar surface area (TPSA) is 61.3 Å². The van der Waals surface area contributed by atoms with E-state index in [1.54, 1.807) is 0 Å². The summed E-state index contributed by atoms with van der Waals surface area (Å²) in [5, 5.41) is 0. The Morgan fingerprint density at radius 2 is 1.94 bits per heavy atom. The van der Waals surface area contributed by atoms with Crippen LogP contribution in [0.5, 0.6) is 0 Å². The van der Waals surface area contributed by atoms with E-state index in [0.29, 0.717) is 19.6 Å². The molecule has 18 heavy (non-hydrogen) atoms. The van der Waals surface area contributed by atoms with Gasteiger partial charge in [0.2, 0.25) is 0 Å². The van der Waals surface area contributed by atoms with Gasteiger partial charge in [0, 0.05) is 25.1 Å². The molecule has 0 heterocycles. The van der Waals surface area contributed by atoms with Gasteiger partial charge in [0.05, 0.1) is 0 Å². The molecule has 0 spiro atoms. The number of nitrogens with two attached hydrogens (primary N) is 2. The van der Waals surface area contributed by atoms with Gasteiger partial charge < -0.3 is 10.5 Å².